The number of aromatic amines is 1. The summed E-state index contributed by atoms with van der Waals surface area (Å²) in [5, 5.41) is 2.40. The number of pyridine rings is 1. The van der Waals surface area contributed by atoms with Crippen LogP contribution in [0.2, 0.25) is 0 Å². The molecule has 2 N–H and O–H groups in total. The third kappa shape index (κ3) is 2.40. The Bertz CT molecular complexity index is 620. The van der Waals surface area contributed by atoms with Gasteiger partial charge in [0.05, 0.1) is 6.42 Å². The molecule has 1 atom stereocenters. The van der Waals surface area contributed by atoms with E-state index in [-0.39, 0.29) is 17.9 Å². The van der Waals surface area contributed by atoms with Gasteiger partial charge in [0, 0.05) is 25.0 Å². The van der Waals surface area contributed by atoms with Crippen LogP contribution in [0.15, 0.2) is 17.1 Å². The lowest BCUT2D eigenvalue weighted by molar-refractivity contribution is -0.137. The highest BCUT2D eigenvalue weighted by Crippen LogP contribution is 2.10. The first-order valence-corrected chi connectivity index (χ1v) is 5.70. The molecule has 0 aromatic carbocycles. The third-order valence-electron chi connectivity index (χ3n) is 2.99. The Hall–Kier alpha value is -2.44. The van der Waals surface area contributed by atoms with E-state index in [1.54, 1.807) is 6.92 Å². The average molecular weight is 263 g/mol. The molecule has 1 fully saturated rings. The van der Waals surface area contributed by atoms with Gasteiger partial charge in [0.1, 0.15) is 11.6 Å². The molecule has 0 spiro atoms. The van der Waals surface area contributed by atoms with Crippen LogP contribution < -0.4 is 10.7 Å². The number of nitrogens with zero attached hydrogens (tertiary/aromatic N) is 1. The van der Waals surface area contributed by atoms with Crippen molar-refractivity contribution in [1.82, 2.24) is 15.2 Å². The first kappa shape index (κ1) is 13.0. The molecule has 1 aromatic heterocycles. The zero-order chi connectivity index (χ0) is 14.2. The summed E-state index contributed by atoms with van der Waals surface area (Å²) in [4.78, 5) is 50.2. The maximum Gasteiger partial charge on any atom is 0.257 e. The Balaban J connectivity index is 2.16. The number of likely N-dealkylation sites (tertiary alicyclic amines) is 1. The number of nitrogens with one attached hydrogen (secondary N) is 2. The van der Waals surface area contributed by atoms with E-state index < -0.39 is 23.3 Å². The van der Waals surface area contributed by atoms with E-state index in [2.05, 4.69) is 10.3 Å². The second-order valence-electron chi connectivity index (χ2n) is 4.42. The van der Waals surface area contributed by atoms with Crippen molar-refractivity contribution in [2.24, 2.45) is 0 Å². The summed E-state index contributed by atoms with van der Waals surface area (Å²) in [6.07, 6.45) is 1.21. The summed E-state index contributed by atoms with van der Waals surface area (Å²) in [5.74, 6) is -1.49. The topological polar surface area (TPSA) is 99.3 Å². The summed E-state index contributed by atoms with van der Waals surface area (Å²) >= 11 is 0. The van der Waals surface area contributed by atoms with E-state index in [9.17, 15) is 19.2 Å². The molecule has 7 heteroatoms. The van der Waals surface area contributed by atoms with Crippen LogP contribution in [0.25, 0.3) is 0 Å². The number of amides is 3. The van der Waals surface area contributed by atoms with Crippen LogP contribution in [0.5, 0.6) is 0 Å². The molecule has 0 aliphatic carbocycles. The molecule has 1 unspecified atom stereocenters. The van der Waals surface area contributed by atoms with Gasteiger partial charge >= 0.3 is 0 Å². The van der Waals surface area contributed by atoms with Crippen LogP contribution in [0, 0.1) is 6.92 Å². The quantitative estimate of drug-likeness (QED) is 0.680. The van der Waals surface area contributed by atoms with Gasteiger partial charge in [-0.15, -0.1) is 0 Å². The molecule has 1 aromatic rings. The maximum atomic E-state index is 11.9. The predicted octanol–water partition coefficient (Wildman–Crippen LogP) is -0.830. The first-order valence-electron chi connectivity index (χ1n) is 5.70. The van der Waals surface area contributed by atoms with E-state index in [0.717, 1.165) is 4.90 Å². The largest absolute Gasteiger partial charge is 0.364 e. The number of rotatable bonds is 2. The van der Waals surface area contributed by atoms with E-state index in [1.807, 2.05) is 0 Å². The van der Waals surface area contributed by atoms with Gasteiger partial charge in [-0.05, 0) is 6.92 Å². The number of aromatic nitrogens is 1. The number of imide groups is 1. The molecule has 3 amide bonds. The summed E-state index contributed by atoms with van der Waals surface area (Å²) in [7, 11) is 1.36. The smallest absolute Gasteiger partial charge is 0.257 e. The fourth-order valence-electron chi connectivity index (χ4n) is 1.85. The zero-order valence-corrected chi connectivity index (χ0v) is 10.5. The number of hydrogen-bond acceptors (Lipinski definition) is 4. The van der Waals surface area contributed by atoms with Gasteiger partial charge < -0.3 is 10.3 Å². The molecule has 100 valence electrons. The van der Waals surface area contributed by atoms with Crippen LogP contribution in [0.3, 0.4) is 0 Å². The lowest BCUT2D eigenvalue weighted by atomic mass is 10.2. The number of H-pyrrole nitrogens is 1. The molecule has 0 saturated carbocycles. The standard InChI is InChI=1S/C12H13N3O4/c1-6-3-9(16)7(5-13-6)11(18)14-8-4-10(17)15(2)12(8)19/h3,5,8H,4H2,1-2H3,(H,13,16)(H,14,18). The maximum absolute atomic E-state index is 11.9. The molecule has 1 aliphatic heterocycles. The molecule has 1 saturated heterocycles. The molecular formula is C12H13N3O4. The van der Waals surface area contributed by atoms with Crippen molar-refractivity contribution in [3.05, 3.63) is 33.7 Å². The Morgan fingerprint density at radius 3 is 2.63 bits per heavy atom. The SMILES string of the molecule is Cc1cc(=O)c(C(=O)NC2CC(=O)N(C)C2=O)c[nH]1. The average Bonchev–Trinajstić information content (AvgIpc) is 2.57. The van der Waals surface area contributed by atoms with Crippen molar-refractivity contribution < 1.29 is 14.4 Å². The van der Waals surface area contributed by atoms with E-state index >= 15 is 0 Å². The predicted molar refractivity (Wildman–Crippen MR) is 65.4 cm³/mol. The Morgan fingerprint density at radius 2 is 2.11 bits per heavy atom. The van der Waals surface area contributed by atoms with Crippen LogP contribution in [-0.2, 0) is 9.59 Å². The normalized spacial score (nSPS) is 18.8. The van der Waals surface area contributed by atoms with Gasteiger partial charge in [-0.25, -0.2) is 0 Å². The van der Waals surface area contributed by atoms with Gasteiger partial charge in [0.25, 0.3) is 11.8 Å². The fourth-order valence-corrected chi connectivity index (χ4v) is 1.85. The van der Waals surface area contributed by atoms with Crippen LogP contribution in [-0.4, -0.2) is 40.7 Å². The van der Waals surface area contributed by atoms with Gasteiger partial charge in [-0.1, -0.05) is 0 Å². The molecule has 19 heavy (non-hydrogen) atoms. The Kier molecular flexibility index (Phi) is 3.20. The summed E-state index contributed by atoms with van der Waals surface area (Å²) in [6.45, 7) is 1.69. The number of hydrogen-bond donors (Lipinski definition) is 2. The highest BCUT2D eigenvalue weighted by Gasteiger charge is 2.37. The van der Waals surface area contributed by atoms with Gasteiger partial charge in [0.15, 0.2) is 5.43 Å². The number of carbonyl (C=O) groups excluding carboxylic acids is 3. The zero-order valence-electron chi connectivity index (χ0n) is 10.5. The van der Waals surface area contributed by atoms with E-state index in [0.29, 0.717) is 5.69 Å². The van der Waals surface area contributed by atoms with Crippen LogP contribution in [0.1, 0.15) is 22.5 Å². The Labute approximate surface area is 108 Å². The summed E-state index contributed by atoms with van der Waals surface area (Å²) in [6, 6.07) is 0.397. The minimum atomic E-state index is -0.897. The van der Waals surface area contributed by atoms with Gasteiger partial charge in [-0.2, -0.15) is 0 Å². The van der Waals surface area contributed by atoms with Crippen molar-refractivity contribution in [1.29, 1.82) is 0 Å². The van der Waals surface area contributed by atoms with Gasteiger partial charge in [0.2, 0.25) is 5.91 Å². The highest BCUT2D eigenvalue weighted by atomic mass is 16.2. The molecular weight excluding hydrogens is 250 g/mol. The number of carbonyl (C=O) groups is 3. The molecule has 7 nitrogen and oxygen atoms in total. The van der Waals surface area contributed by atoms with Crippen molar-refractivity contribution >= 4 is 17.7 Å². The second kappa shape index (κ2) is 4.68. The molecule has 2 heterocycles. The second-order valence-corrected chi connectivity index (χ2v) is 4.42. The number of likely N-dealkylation sites (N-methyl/N-ethyl adjacent to an activating group) is 1. The molecule has 2 rings (SSSR count). The first-order chi connectivity index (χ1) is 8.90. The third-order valence-corrected chi connectivity index (χ3v) is 2.99. The lowest BCUT2D eigenvalue weighted by Gasteiger charge is -2.10. The van der Waals surface area contributed by atoms with Crippen molar-refractivity contribution in [3.8, 4) is 0 Å². The molecule has 1 aliphatic rings. The molecule has 0 bridgehead atoms. The minimum absolute atomic E-state index is 0.0785. The van der Waals surface area contributed by atoms with Crippen molar-refractivity contribution in [2.75, 3.05) is 7.05 Å². The number of aryl methyl sites for hydroxylation is 1. The molecule has 0 radical (unpaired) electrons. The van der Waals surface area contributed by atoms with Crippen LogP contribution in [0.4, 0.5) is 0 Å². The summed E-state index contributed by atoms with van der Waals surface area (Å²) < 4.78 is 0. The fraction of sp³-hybridized carbons (Fsp3) is 0.333. The van der Waals surface area contributed by atoms with Crippen molar-refractivity contribution in [2.45, 2.75) is 19.4 Å². The van der Waals surface area contributed by atoms with Crippen molar-refractivity contribution in [3.63, 3.8) is 0 Å². The van der Waals surface area contributed by atoms with E-state index in [4.69, 9.17) is 0 Å². The lowest BCUT2D eigenvalue weighted by Crippen LogP contribution is -2.42. The Morgan fingerprint density at radius 1 is 1.42 bits per heavy atom. The van der Waals surface area contributed by atoms with Gasteiger partial charge in [-0.3, -0.25) is 24.1 Å². The summed E-state index contributed by atoms with van der Waals surface area (Å²) in [5.41, 5.74) is 0.118. The highest BCUT2D eigenvalue weighted by molar-refractivity contribution is 6.07. The van der Waals surface area contributed by atoms with Crippen LogP contribution >= 0.6 is 0 Å². The monoisotopic (exact) mass is 263 g/mol. The van der Waals surface area contributed by atoms with E-state index in [1.165, 1.54) is 19.3 Å². The minimum Gasteiger partial charge on any atom is -0.364 e.